The lowest BCUT2D eigenvalue weighted by molar-refractivity contribution is -0.110. The van der Waals surface area contributed by atoms with Crippen molar-refractivity contribution in [2.75, 3.05) is 44.9 Å². The van der Waals surface area contributed by atoms with Crippen molar-refractivity contribution >= 4 is 34.5 Å². The van der Waals surface area contributed by atoms with E-state index in [1.165, 1.54) is 5.56 Å². The number of amides is 2. The van der Waals surface area contributed by atoms with Crippen molar-refractivity contribution in [3.8, 4) is 0 Å². The molecule has 1 heterocycles. The van der Waals surface area contributed by atoms with Gasteiger partial charge in [-0.2, -0.15) is 0 Å². The van der Waals surface area contributed by atoms with Crippen LogP contribution >= 0.6 is 0 Å². The van der Waals surface area contributed by atoms with E-state index in [0.29, 0.717) is 22.5 Å². The predicted octanol–water partition coefficient (Wildman–Crippen LogP) is 3.71. The van der Waals surface area contributed by atoms with Gasteiger partial charge in [0.05, 0.1) is 11.3 Å². The van der Waals surface area contributed by atoms with Gasteiger partial charge in [-0.3, -0.25) is 9.59 Å². The second kappa shape index (κ2) is 10.5. The van der Waals surface area contributed by atoms with Crippen molar-refractivity contribution < 1.29 is 9.59 Å². The summed E-state index contributed by atoms with van der Waals surface area (Å²) in [7, 11) is 6.26. The zero-order valence-electron chi connectivity index (χ0n) is 20.3. The number of likely N-dealkylation sites (N-methyl/N-ethyl adjacent to an activating group) is 2. The highest BCUT2D eigenvalue weighted by molar-refractivity contribution is 6.37. The molecule has 2 amide bonds. The van der Waals surface area contributed by atoms with E-state index in [1.807, 2.05) is 42.5 Å². The number of rotatable bonds is 9. The van der Waals surface area contributed by atoms with Crippen LogP contribution in [0.4, 0.5) is 11.4 Å². The van der Waals surface area contributed by atoms with Crippen molar-refractivity contribution in [3.05, 3.63) is 95.1 Å². The topological polar surface area (TPSA) is 90.7 Å². The molecule has 0 aromatic heterocycles. The molecule has 1 aliphatic rings. The summed E-state index contributed by atoms with van der Waals surface area (Å²) in [5, 5.41) is 6.39. The van der Waals surface area contributed by atoms with Gasteiger partial charge in [-0.1, -0.05) is 48.5 Å². The van der Waals surface area contributed by atoms with E-state index in [4.69, 9.17) is 5.73 Å². The molecule has 0 fully saturated rings. The lowest BCUT2D eigenvalue weighted by Gasteiger charge is -2.20. The quantitative estimate of drug-likeness (QED) is 0.416. The number of primary amides is 1. The lowest BCUT2D eigenvalue weighted by atomic mass is 9.99. The van der Waals surface area contributed by atoms with Gasteiger partial charge in [0.15, 0.2) is 0 Å². The fourth-order valence-corrected chi connectivity index (χ4v) is 4.11. The summed E-state index contributed by atoms with van der Waals surface area (Å²) in [5.41, 5.74) is 11.3. The summed E-state index contributed by atoms with van der Waals surface area (Å²) in [6, 6.07) is 23.0. The van der Waals surface area contributed by atoms with E-state index >= 15 is 0 Å². The van der Waals surface area contributed by atoms with Gasteiger partial charge in [-0.15, -0.1) is 0 Å². The second-order valence-electron chi connectivity index (χ2n) is 9.06. The van der Waals surface area contributed by atoms with E-state index in [-0.39, 0.29) is 5.91 Å². The van der Waals surface area contributed by atoms with Gasteiger partial charge in [0.25, 0.3) is 5.91 Å². The molecule has 0 aliphatic carbocycles. The summed E-state index contributed by atoms with van der Waals surface area (Å²) < 4.78 is 0. The van der Waals surface area contributed by atoms with E-state index < -0.39 is 5.91 Å². The zero-order valence-corrected chi connectivity index (χ0v) is 20.3. The highest BCUT2D eigenvalue weighted by Crippen LogP contribution is 2.38. The summed E-state index contributed by atoms with van der Waals surface area (Å²) >= 11 is 0. The molecule has 0 unspecified atom stereocenters. The maximum atomic E-state index is 13.1. The first-order chi connectivity index (χ1) is 16.8. The monoisotopic (exact) mass is 469 g/mol. The van der Waals surface area contributed by atoms with Crippen molar-refractivity contribution in [3.63, 3.8) is 0 Å². The number of hydrogen-bond acceptors (Lipinski definition) is 5. The molecule has 0 radical (unpaired) electrons. The number of benzene rings is 3. The Morgan fingerprint density at radius 2 is 1.69 bits per heavy atom. The van der Waals surface area contributed by atoms with Crippen molar-refractivity contribution in [1.82, 2.24) is 9.80 Å². The molecule has 3 aromatic rings. The highest BCUT2D eigenvalue weighted by Gasteiger charge is 2.29. The number of fused-ring (bicyclic) bond motifs is 1. The average Bonchev–Trinajstić information content (AvgIpc) is 3.16. The zero-order chi connectivity index (χ0) is 24.9. The molecule has 180 valence electrons. The summed E-state index contributed by atoms with van der Waals surface area (Å²) in [4.78, 5) is 29.2. The van der Waals surface area contributed by atoms with Crippen LogP contribution in [0.25, 0.3) is 11.3 Å². The average molecular weight is 470 g/mol. The molecule has 4 rings (SSSR count). The molecule has 4 N–H and O–H groups in total. The molecule has 7 nitrogen and oxygen atoms in total. The molecule has 0 saturated heterocycles. The number of nitrogens with two attached hydrogens (primary N) is 1. The molecule has 1 aliphatic heterocycles. The number of carbonyl (C=O) groups is 2. The Bertz CT molecular complexity index is 1270. The molecule has 0 spiro atoms. The largest absolute Gasteiger partial charge is 0.366 e. The van der Waals surface area contributed by atoms with Crippen LogP contribution in [-0.4, -0.2) is 55.8 Å². The van der Waals surface area contributed by atoms with Crippen LogP contribution in [0, 0.1) is 0 Å². The molecule has 0 bridgehead atoms. The number of nitrogens with zero attached hydrogens (tertiary/aromatic N) is 2. The third kappa shape index (κ3) is 5.77. The fraction of sp³-hybridized carbons (Fsp3) is 0.214. The van der Waals surface area contributed by atoms with Crippen LogP contribution in [-0.2, 0) is 11.3 Å². The van der Waals surface area contributed by atoms with Gasteiger partial charge in [-0.25, -0.2) is 0 Å². The second-order valence-corrected chi connectivity index (χ2v) is 9.06. The number of carbonyl (C=O) groups excluding carboxylic acids is 2. The minimum atomic E-state index is -0.534. The van der Waals surface area contributed by atoms with Gasteiger partial charge in [0.1, 0.15) is 0 Å². The molecule has 0 saturated carbocycles. The maximum absolute atomic E-state index is 13.1. The predicted molar refractivity (Wildman–Crippen MR) is 142 cm³/mol. The first-order valence-corrected chi connectivity index (χ1v) is 11.6. The Hall–Kier alpha value is -3.94. The fourth-order valence-electron chi connectivity index (χ4n) is 4.11. The van der Waals surface area contributed by atoms with Crippen LogP contribution in [0.1, 0.15) is 27.0 Å². The third-order valence-electron chi connectivity index (χ3n) is 5.94. The third-order valence-corrected chi connectivity index (χ3v) is 5.94. The smallest absolute Gasteiger partial charge is 0.258 e. The van der Waals surface area contributed by atoms with Crippen LogP contribution in [0.5, 0.6) is 0 Å². The molecule has 7 heteroatoms. The normalized spacial score (nSPS) is 14.1. The van der Waals surface area contributed by atoms with Crippen molar-refractivity contribution in [2.24, 2.45) is 5.73 Å². The number of hydrogen-bond donors (Lipinski definition) is 3. The molecular weight excluding hydrogens is 438 g/mol. The minimum Gasteiger partial charge on any atom is -0.366 e. The van der Waals surface area contributed by atoms with Gasteiger partial charge in [-0.05, 0) is 56.5 Å². The van der Waals surface area contributed by atoms with E-state index in [1.54, 1.807) is 18.2 Å². The highest BCUT2D eigenvalue weighted by atomic mass is 16.2. The van der Waals surface area contributed by atoms with Crippen molar-refractivity contribution in [2.45, 2.75) is 6.54 Å². The van der Waals surface area contributed by atoms with Gasteiger partial charge < -0.3 is 26.2 Å². The Balaban J connectivity index is 1.70. The minimum absolute atomic E-state index is 0.229. The Morgan fingerprint density at radius 3 is 2.40 bits per heavy atom. The standard InChI is InChI=1S/C28H31N5O2/c1-32(2)14-15-33(3)18-19-8-7-11-22(16-19)30-26(20-9-5-4-6-10-20)25-23-13-12-21(27(29)34)17-24(23)31-28(25)35/h4-13,16-17,30H,14-15,18H2,1-3H3,(H2,29,34)(H,31,35)/b26-25-. The van der Waals surface area contributed by atoms with Crippen molar-refractivity contribution in [1.29, 1.82) is 0 Å². The van der Waals surface area contributed by atoms with Crippen LogP contribution in [0.15, 0.2) is 72.8 Å². The maximum Gasteiger partial charge on any atom is 0.258 e. The summed E-state index contributed by atoms with van der Waals surface area (Å²) in [5.74, 6) is -0.763. The van der Waals surface area contributed by atoms with E-state index in [9.17, 15) is 9.59 Å². The molecule has 35 heavy (non-hydrogen) atoms. The van der Waals surface area contributed by atoms with Crippen LogP contribution in [0.3, 0.4) is 0 Å². The van der Waals surface area contributed by atoms with Crippen LogP contribution in [0.2, 0.25) is 0 Å². The van der Waals surface area contributed by atoms with Gasteiger partial charge >= 0.3 is 0 Å². The molecular formula is C28H31N5O2. The Morgan fingerprint density at radius 1 is 0.914 bits per heavy atom. The Labute approximate surface area is 206 Å². The SMILES string of the molecule is CN(C)CCN(C)Cc1cccc(N/C(=C2\C(=O)Nc3cc(C(N)=O)ccc32)c2ccccc2)c1. The number of nitrogens with one attached hydrogen (secondary N) is 2. The van der Waals surface area contributed by atoms with E-state index in [2.05, 4.69) is 53.7 Å². The summed E-state index contributed by atoms with van der Waals surface area (Å²) in [6.45, 7) is 2.78. The summed E-state index contributed by atoms with van der Waals surface area (Å²) in [6.07, 6.45) is 0. The molecule has 0 atom stereocenters. The van der Waals surface area contributed by atoms with Gasteiger partial charge in [0.2, 0.25) is 5.91 Å². The number of anilines is 2. The Kier molecular flexibility index (Phi) is 7.29. The molecule has 3 aromatic carbocycles. The van der Waals surface area contributed by atoms with E-state index in [0.717, 1.165) is 36.4 Å². The first kappa shape index (κ1) is 24.2. The van der Waals surface area contributed by atoms with Crippen LogP contribution < -0.4 is 16.4 Å². The first-order valence-electron chi connectivity index (χ1n) is 11.6. The lowest BCUT2D eigenvalue weighted by Crippen LogP contribution is -2.28. The van der Waals surface area contributed by atoms with Gasteiger partial charge in [0, 0.05) is 42.1 Å².